The third-order valence-electron chi connectivity index (χ3n) is 2.13. The Hall–Kier alpha value is -1.91. The van der Waals surface area contributed by atoms with E-state index in [1.54, 1.807) is 18.2 Å². The molecule has 0 saturated heterocycles. The second-order valence-corrected chi connectivity index (χ2v) is 3.78. The first kappa shape index (κ1) is 10.6. The Morgan fingerprint density at radius 3 is 2.44 bits per heavy atom. The van der Waals surface area contributed by atoms with E-state index in [4.69, 9.17) is 17.3 Å². The van der Waals surface area contributed by atoms with Crippen LogP contribution in [0.4, 0.5) is 5.69 Å². The van der Waals surface area contributed by atoms with Gasteiger partial charge in [0, 0.05) is 21.8 Å². The highest BCUT2D eigenvalue weighted by molar-refractivity contribution is 6.30. The first-order chi connectivity index (χ1) is 7.75. The van der Waals surface area contributed by atoms with Gasteiger partial charge in [-0.15, -0.1) is 0 Å². The van der Waals surface area contributed by atoms with Crippen LogP contribution in [0.25, 0.3) is 0 Å². The molecule has 0 fully saturated rings. The van der Waals surface area contributed by atoms with Crippen molar-refractivity contribution in [3.63, 3.8) is 0 Å². The molecule has 0 unspecified atom stereocenters. The smallest absolute Gasteiger partial charge is 0.0493 e. The van der Waals surface area contributed by atoms with Crippen LogP contribution >= 0.6 is 11.6 Å². The van der Waals surface area contributed by atoms with Crippen LogP contribution in [0.1, 0.15) is 11.1 Å². The molecule has 1 nitrogen and oxygen atoms in total. The lowest BCUT2D eigenvalue weighted by atomic mass is 10.1. The summed E-state index contributed by atoms with van der Waals surface area (Å²) in [6.07, 6.45) is 0. The van der Waals surface area contributed by atoms with E-state index < -0.39 is 0 Å². The van der Waals surface area contributed by atoms with Crippen LogP contribution in [0.2, 0.25) is 5.02 Å². The minimum absolute atomic E-state index is 0.645. The van der Waals surface area contributed by atoms with Gasteiger partial charge in [0.15, 0.2) is 0 Å². The first-order valence-electron chi connectivity index (χ1n) is 4.88. The molecule has 0 heterocycles. The summed E-state index contributed by atoms with van der Waals surface area (Å²) in [6.45, 7) is 0. The third-order valence-corrected chi connectivity index (χ3v) is 2.37. The highest BCUT2D eigenvalue weighted by atomic mass is 35.5. The summed E-state index contributed by atoms with van der Waals surface area (Å²) < 4.78 is 0. The summed E-state index contributed by atoms with van der Waals surface area (Å²) in [7, 11) is 0. The van der Waals surface area contributed by atoms with E-state index in [1.165, 1.54) is 0 Å². The molecule has 0 saturated carbocycles. The van der Waals surface area contributed by atoms with Crippen LogP contribution in [0.3, 0.4) is 0 Å². The fourth-order valence-corrected chi connectivity index (χ4v) is 1.47. The summed E-state index contributed by atoms with van der Waals surface area (Å²) in [5, 5.41) is 0.645. The number of benzene rings is 2. The average Bonchev–Trinajstić information content (AvgIpc) is 2.32. The maximum absolute atomic E-state index is 5.88. The molecular weight excluding hydrogens is 218 g/mol. The molecular formula is C14H10ClN. The normalized spacial score (nSPS) is 9.31. The first-order valence-corrected chi connectivity index (χ1v) is 5.25. The van der Waals surface area contributed by atoms with Gasteiger partial charge in [-0.05, 0) is 30.3 Å². The fraction of sp³-hybridized carbons (Fsp3) is 0. The number of rotatable bonds is 0. The van der Waals surface area contributed by atoms with Crippen molar-refractivity contribution in [1.82, 2.24) is 0 Å². The zero-order valence-electron chi connectivity index (χ0n) is 8.57. The van der Waals surface area contributed by atoms with E-state index in [0.717, 1.165) is 11.1 Å². The van der Waals surface area contributed by atoms with Crippen LogP contribution in [0.15, 0.2) is 48.5 Å². The molecule has 0 bridgehead atoms. The van der Waals surface area contributed by atoms with Crippen LogP contribution in [-0.4, -0.2) is 0 Å². The number of nitrogens with two attached hydrogens (primary N) is 1. The van der Waals surface area contributed by atoms with E-state index >= 15 is 0 Å². The molecule has 0 spiro atoms. The molecule has 2 aromatic carbocycles. The Labute approximate surface area is 99.9 Å². The molecule has 0 aromatic heterocycles. The highest BCUT2D eigenvalue weighted by Gasteiger charge is 1.95. The van der Waals surface area contributed by atoms with Gasteiger partial charge >= 0.3 is 0 Å². The minimum Gasteiger partial charge on any atom is -0.398 e. The molecule has 0 atom stereocenters. The largest absolute Gasteiger partial charge is 0.398 e. The summed E-state index contributed by atoms with van der Waals surface area (Å²) >= 11 is 5.88. The van der Waals surface area contributed by atoms with Crippen LogP contribution in [0.5, 0.6) is 0 Å². The van der Waals surface area contributed by atoms with Gasteiger partial charge in [-0.1, -0.05) is 41.6 Å². The van der Waals surface area contributed by atoms with E-state index in [0.29, 0.717) is 10.7 Å². The molecule has 0 aliphatic carbocycles. The van der Waals surface area contributed by atoms with E-state index in [2.05, 4.69) is 11.8 Å². The topological polar surface area (TPSA) is 26.0 Å². The lowest BCUT2D eigenvalue weighted by molar-refractivity contribution is 1.61. The maximum Gasteiger partial charge on any atom is 0.0493 e. The van der Waals surface area contributed by atoms with Gasteiger partial charge in [0.2, 0.25) is 0 Å². The van der Waals surface area contributed by atoms with Crippen molar-refractivity contribution in [1.29, 1.82) is 0 Å². The van der Waals surface area contributed by atoms with Gasteiger partial charge in [-0.2, -0.15) is 0 Å². The van der Waals surface area contributed by atoms with Crippen molar-refractivity contribution >= 4 is 17.3 Å². The number of hydrogen-bond acceptors (Lipinski definition) is 1. The zero-order chi connectivity index (χ0) is 11.4. The zero-order valence-corrected chi connectivity index (χ0v) is 9.33. The monoisotopic (exact) mass is 227 g/mol. The molecule has 2 rings (SSSR count). The molecule has 0 aliphatic rings. The number of nitrogen functional groups attached to an aromatic ring is 1. The summed E-state index contributed by atoms with van der Waals surface area (Å²) in [5.41, 5.74) is 8.16. The van der Waals surface area contributed by atoms with Crippen molar-refractivity contribution in [2.24, 2.45) is 0 Å². The van der Waals surface area contributed by atoms with E-state index in [9.17, 15) is 0 Å². The third kappa shape index (κ3) is 2.56. The molecule has 0 amide bonds. The lowest BCUT2D eigenvalue weighted by Gasteiger charge is -1.97. The van der Waals surface area contributed by atoms with Crippen LogP contribution in [0, 0.1) is 11.8 Å². The second-order valence-electron chi connectivity index (χ2n) is 3.35. The molecule has 2 aromatic rings. The fourth-order valence-electron chi connectivity index (χ4n) is 1.30. The highest BCUT2D eigenvalue weighted by Crippen LogP contribution is 2.16. The summed E-state index contributed by atoms with van der Waals surface area (Å²) in [4.78, 5) is 0. The standard InChI is InChI=1S/C14H10ClN/c15-13-8-9-14(16)12(10-13)7-6-11-4-2-1-3-5-11/h1-5,8-10H,16H2. The number of hydrogen-bond donors (Lipinski definition) is 1. The van der Waals surface area contributed by atoms with E-state index in [1.807, 2.05) is 30.3 Å². The van der Waals surface area contributed by atoms with Gasteiger partial charge in [-0.25, -0.2) is 0 Å². The minimum atomic E-state index is 0.645. The predicted octanol–water partition coefficient (Wildman–Crippen LogP) is 3.32. The van der Waals surface area contributed by atoms with Gasteiger partial charge in [-0.3, -0.25) is 0 Å². The average molecular weight is 228 g/mol. The Balaban J connectivity index is 2.34. The Morgan fingerprint density at radius 2 is 1.69 bits per heavy atom. The van der Waals surface area contributed by atoms with Crippen LogP contribution in [-0.2, 0) is 0 Å². The SMILES string of the molecule is Nc1ccc(Cl)cc1C#Cc1ccccc1. The van der Waals surface area contributed by atoms with Crippen molar-refractivity contribution in [2.75, 3.05) is 5.73 Å². The Morgan fingerprint density at radius 1 is 0.938 bits per heavy atom. The Bertz CT molecular complexity index is 550. The van der Waals surface area contributed by atoms with Gasteiger partial charge in [0.1, 0.15) is 0 Å². The van der Waals surface area contributed by atoms with Crippen molar-refractivity contribution in [3.05, 3.63) is 64.7 Å². The summed E-state index contributed by atoms with van der Waals surface area (Å²) in [6, 6.07) is 15.0. The van der Waals surface area contributed by atoms with E-state index in [-0.39, 0.29) is 0 Å². The predicted molar refractivity (Wildman–Crippen MR) is 68.3 cm³/mol. The lowest BCUT2D eigenvalue weighted by Crippen LogP contribution is -1.89. The number of halogens is 1. The summed E-state index contributed by atoms with van der Waals surface area (Å²) in [5.74, 6) is 6.05. The molecule has 0 aliphatic heterocycles. The molecule has 0 radical (unpaired) electrons. The van der Waals surface area contributed by atoms with Gasteiger partial charge in [0.25, 0.3) is 0 Å². The molecule has 2 N–H and O–H groups in total. The van der Waals surface area contributed by atoms with Crippen molar-refractivity contribution in [2.45, 2.75) is 0 Å². The molecule has 78 valence electrons. The van der Waals surface area contributed by atoms with Crippen LogP contribution < -0.4 is 5.73 Å². The number of anilines is 1. The van der Waals surface area contributed by atoms with Crippen molar-refractivity contribution < 1.29 is 0 Å². The van der Waals surface area contributed by atoms with Gasteiger partial charge in [0.05, 0.1) is 0 Å². The van der Waals surface area contributed by atoms with Gasteiger partial charge < -0.3 is 5.73 Å². The quantitative estimate of drug-likeness (QED) is 0.542. The van der Waals surface area contributed by atoms with Crippen molar-refractivity contribution in [3.8, 4) is 11.8 Å². The Kier molecular flexibility index (Phi) is 3.14. The molecule has 2 heteroatoms. The molecule has 16 heavy (non-hydrogen) atoms. The second kappa shape index (κ2) is 4.74. The maximum atomic E-state index is 5.88.